The van der Waals surface area contributed by atoms with Crippen molar-refractivity contribution in [2.75, 3.05) is 31.7 Å². The average molecular weight is 236 g/mol. The molecule has 4 nitrogen and oxygen atoms in total. The van der Waals surface area contributed by atoms with Crippen LogP contribution in [-0.2, 0) is 0 Å². The van der Waals surface area contributed by atoms with Crippen LogP contribution in [0.25, 0.3) is 0 Å². The lowest BCUT2D eigenvalue weighted by molar-refractivity contribution is 0.356. The molecule has 0 aliphatic carbocycles. The van der Waals surface area contributed by atoms with E-state index in [0.29, 0.717) is 17.6 Å². The quantitative estimate of drug-likeness (QED) is 0.794. The number of pyridine rings is 1. The van der Waals surface area contributed by atoms with Gasteiger partial charge in [-0.1, -0.05) is 13.8 Å². The lowest BCUT2D eigenvalue weighted by atomic mass is 10.0. The van der Waals surface area contributed by atoms with E-state index in [-0.39, 0.29) is 0 Å². The van der Waals surface area contributed by atoms with Crippen LogP contribution in [-0.4, -0.2) is 36.6 Å². The molecule has 0 aromatic carbocycles. The standard InChI is InChI=1S/C13H24N4/c1-10(2)7-12(9-17(3)4)16-13-6-5-11(14)8-15-13/h5-6,8,10,12H,7,9,14H2,1-4H3,(H,15,16). The Morgan fingerprint density at radius 3 is 2.53 bits per heavy atom. The number of rotatable bonds is 6. The number of hydrogen-bond acceptors (Lipinski definition) is 4. The first-order chi connectivity index (χ1) is 7.97. The fourth-order valence-electron chi connectivity index (χ4n) is 1.89. The molecule has 0 saturated carbocycles. The number of nitrogens with one attached hydrogen (secondary N) is 1. The minimum atomic E-state index is 0.418. The highest BCUT2D eigenvalue weighted by molar-refractivity contribution is 5.44. The first-order valence-corrected chi connectivity index (χ1v) is 6.10. The van der Waals surface area contributed by atoms with Gasteiger partial charge in [-0.25, -0.2) is 4.98 Å². The van der Waals surface area contributed by atoms with Crippen LogP contribution >= 0.6 is 0 Å². The predicted molar refractivity (Wildman–Crippen MR) is 74.1 cm³/mol. The summed E-state index contributed by atoms with van der Waals surface area (Å²) in [5.41, 5.74) is 6.32. The number of nitrogens with two attached hydrogens (primary N) is 1. The topological polar surface area (TPSA) is 54.2 Å². The Morgan fingerprint density at radius 1 is 1.35 bits per heavy atom. The average Bonchev–Trinajstić information content (AvgIpc) is 2.19. The second kappa shape index (κ2) is 6.45. The summed E-state index contributed by atoms with van der Waals surface area (Å²) in [5.74, 6) is 1.56. The van der Waals surface area contributed by atoms with Gasteiger partial charge in [0.2, 0.25) is 0 Å². The van der Waals surface area contributed by atoms with E-state index in [9.17, 15) is 0 Å². The minimum absolute atomic E-state index is 0.418. The summed E-state index contributed by atoms with van der Waals surface area (Å²) in [5, 5.41) is 3.46. The van der Waals surface area contributed by atoms with Crippen LogP contribution in [0.2, 0.25) is 0 Å². The second-order valence-electron chi connectivity index (χ2n) is 5.21. The third-order valence-electron chi connectivity index (χ3n) is 2.48. The van der Waals surface area contributed by atoms with Crippen LogP contribution in [0.4, 0.5) is 11.5 Å². The Hall–Kier alpha value is -1.29. The van der Waals surface area contributed by atoms with Crippen molar-refractivity contribution in [2.45, 2.75) is 26.3 Å². The fraction of sp³-hybridized carbons (Fsp3) is 0.615. The van der Waals surface area contributed by atoms with Crippen LogP contribution in [0.5, 0.6) is 0 Å². The molecular formula is C13H24N4. The second-order valence-corrected chi connectivity index (χ2v) is 5.21. The van der Waals surface area contributed by atoms with Crippen LogP contribution in [0.1, 0.15) is 20.3 Å². The molecule has 0 aliphatic rings. The van der Waals surface area contributed by atoms with E-state index in [1.165, 1.54) is 0 Å². The van der Waals surface area contributed by atoms with Crippen molar-refractivity contribution in [3.63, 3.8) is 0 Å². The van der Waals surface area contributed by atoms with Crippen molar-refractivity contribution < 1.29 is 0 Å². The van der Waals surface area contributed by atoms with Gasteiger partial charge >= 0.3 is 0 Å². The Labute approximate surface area is 104 Å². The van der Waals surface area contributed by atoms with E-state index < -0.39 is 0 Å². The van der Waals surface area contributed by atoms with Gasteiger partial charge in [0, 0.05) is 12.6 Å². The third kappa shape index (κ3) is 5.54. The molecule has 0 fully saturated rings. The largest absolute Gasteiger partial charge is 0.397 e. The third-order valence-corrected chi connectivity index (χ3v) is 2.48. The van der Waals surface area contributed by atoms with Crippen molar-refractivity contribution >= 4 is 11.5 Å². The maximum absolute atomic E-state index is 5.62. The van der Waals surface area contributed by atoms with E-state index in [2.05, 4.69) is 43.1 Å². The number of nitrogens with zero attached hydrogens (tertiary/aromatic N) is 2. The SMILES string of the molecule is CC(C)CC(CN(C)C)Nc1ccc(N)cn1. The maximum atomic E-state index is 5.62. The van der Waals surface area contributed by atoms with Gasteiger partial charge in [-0.15, -0.1) is 0 Å². The summed E-state index contributed by atoms with van der Waals surface area (Å²) in [4.78, 5) is 6.47. The van der Waals surface area contributed by atoms with E-state index in [1.807, 2.05) is 12.1 Å². The van der Waals surface area contributed by atoms with Crippen molar-refractivity contribution in [3.8, 4) is 0 Å². The molecule has 0 aliphatic heterocycles. The maximum Gasteiger partial charge on any atom is 0.126 e. The van der Waals surface area contributed by atoms with Crippen LogP contribution < -0.4 is 11.1 Å². The van der Waals surface area contributed by atoms with Gasteiger partial charge in [-0.05, 0) is 38.6 Å². The van der Waals surface area contributed by atoms with Gasteiger partial charge in [0.1, 0.15) is 5.82 Å². The van der Waals surface area contributed by atoms with E-state index in [4.69, 9.17) is 5.73 Å². The normalized spacial score (nSPS) is 13.1. The van der Waals surface area contributed by atoms with Gasteiger partial charge in [0.25, 0.3) is 0 Å². The highest BCUT2D eigenvalue weighted by atomic mass is 15.1. The zero-order valence-electron chi connectivity index (χ0n) is 11.3. The van der Waals surface area contributed by atoms with Gasteiger partial charge in [0.05, 0.1) is 11.9 Å². The molecule has 17 heavy (non-hydrogen) atoms. The molecular weight excluding hydrogens is 212 g/mol. The molecule has 1 heterocycles. The zero-order chi connectivity index (χ0) is 12.8. The lowest BCUT2D eigenvalue weighted by Crippen LogP contribution is -2.33. The highest BCUT2D eigenvalue weighted by Gasteiger charge is 2.12. The molecule has 1 atom stereocenters. The Kier molecular flexibility index (Phi) is 5.22. The lowest BCUT2D eigenvalue weighted by Gasteiger charge is -2.24. The number of nitrogen functional groups attached to an aromatic ring is 1. The van der Waals surface area contributed by atoms with Crippen LogP contribution in [0.3, 0.4) is 0 Å². The Morgan fingerprint density at radius 2 is 2.06 bits per heavy atom. The summed E-state index contributed by atoms with van der Waals surface area (Å²) in [7, 11) is 4.18. The highest BCUT2D eigenvalue weighted by Crippen LogP contribution is 2.12. The number of aromatic nitrogens is 1. The molecule has 3 N–H and O–H groups in total. The smallest absolute Gasteiger partial charge is 0.126 e. The molecule has 0 bridgehead atoms. The predicted octanol–water partition coefficient (Wildman–Crippen LogP) is 2.05. The summed E-state index contributed by atoms with van der Waals surface area (Å²) < 4.78 is 0. The fourth-order valence-corrected chi connectivity index (χ4v) is 1.89. The number of likely N-dealkylation sites (N-methyl/N-ethyl adjacent to an activating group) is 1. The molecule has 0 radical (unpaired) electrons. The molecule has 96 valence electrons. The van der Waals surface area contributed by atoms with Gasteiger partial charge in [-0.3, -0.25) is 0 Å². The molecule has 1 aromatic rings. The molecule has 1 unspecified atom stereocenters. The van der Waals surface area contributed by atoms with Crippen molar-refractivity contribution in [3.05, 3.63) is 18.3 Å². The first kappa shape index (κ1) is 13.8. The Balaban J connectivity index is 2.61. The van der Waals surface area contributed by atoms with Crippen LogP contribution in [0.15, 0.2) is 18.3 Å². The molecule has 1 rings (SSSR count). The molecule has 1 aromatic heterocycles. The van der Waals surface area contributed by atoms with Crippen molar-refractivity contribution in [2.24, 2.45) is 5.92 Å². The number of anilines is 2. The molecule has 0 saturated heterocycles. The summed E-state index contributed by atoms with van der Waals surface area (Å²) >= 11 is 0. The summed E-state index contributed by atoms with van der Waals surface area (Å²) in [6.45, 7) is 5.48. The summed E-state index contributed by atoms with van der Waals surface area (Å²) in [6, 6.07) is 4.22. The summed E-state index contributed by atoms with van der Waals surface area (Å²) in [6.07, 6.45) is 2.81. The number of hydrogen-bond donors (Lipinski definition) is 2. The monoisotopic (exact) mass is 236 g/mol. The molecule has 4 heteroatoms. The minimum Gasteiger partial charge on any atom is -0.397 e. The molecule has 0 spiro atoms. The first-order valence-electron chi connectivity index (χ1n) is 6.10. The van der Waals surface area contributed by atoms with Gasteiger partial charge < -0.3 is 16.0 Å². The van der Waals surface area contributed by atoms with E-state index in [1.54, 1.807) is 6.20 Å². The van der Waals surface area contributed by atoms with Crippen molar-refractivity contribution in [1.29, 1.82) is 0 Å². The zero-order valence-corrected chi connectivity index (χ0v) is 11.3. The van der Waals surface area contributed by atoms with Crippen molar-refractivity contribution in [1.82, 2.24) is 9.88 Å². The van der Waals surface area contributed by atoms with E-state index in [0.717, 1.165) is 18.8 Å². The van der Waals surface area contributed by atoms with Gasteiger partial charge in [0.15, 0.2) is 0 Å². The molecule has 0 amide bonds. The van der Waals surface area contributed by atoms with E-state index >= 15 is 0 Å². The Bertz CT molecular complexity index is 309. The van der Waals surface area contributed by atoms with Crippen LogP contribution in [0, 0.1) is 5.92 Å². The van der Waals surface area contributed by atoms with Gasteiger partial charge in [-0.2, -0.15) is 0 Å².